The van der Waals surface area contributed by atoms with E-state index in [9.17, 15) is 19.2 Å². The van der Waals surface area contributed by atoms with E-state index >= 15 is 0 Å². The second-order valence-corrected chi connectivity index (χ2v) is 8.37. The summed E-state index contributed by atoms with van der Waals surface area (Å²) >= 11 is 1.16. The average Bonchev–Trinajstić information content (AvgIpc) is 3.21. The average molecular weight is 444 g/mol. The van der Waals surface area contributed by atoms with E-state index in [-0.39, 0.29) is 17.6 Å². The maximum Gasteiger partial charge on any atom is 0.414 e. The van der Waals surface area contributed by atoms with Gasteiger partial charge in [0.1, 0.15) is 5.00 Å². The van der Waals surface area contributed by atoms with Crippen LogP contribution in [0.5, 0.6) is 0 Å². The smallest absolute Gasteiger partial charge is 0.414 e. The molecule has 0 saturated carbocycles. The number of carbonyl (C=O) groups excluding carboxylic acids is 4. The number of thiophene rings is 1. The number of piperidine rings is 1. The summed E-state index contributed by atoms with van der Waals surface area (Å²) in [4.78, 5) is 51.0. The summed E-state index contributed by atoms with van der Waals surface area (Å²) < 4.78 is 4.90. The maximum atomic E-state index is 12.6. The van der Waals surface area contributed by atoms with Crippen molar-refractivity contribution in [3.63, 3.8) is 0 Å². The van der Waals surface area contributed by atoms with Crippen molar-refractivity contribution < 1.29 is 23.9 Å². The Bertz CT molecular complexity index is 962. The summed E-state index contributed by atoms with van der Waals surface area (Å²) in [5.41, 5.74) is 1.06. The predicted octanol–water partition coefficient (Wildman–Crippen LogP) is 3.90. The largest absolute Gasteiger partial charge is 0.447 e. The third-order valence-electron chi connectivity index (χ3n) is 4.73. The number of benzene rings is 1. The first-order chi connectivity index (χ1) is 14.8. The standard InChI is InChI=1S/C22H25N3O5S/c1-14(2)30-22(29)24-19(27)17-10-13-31-20(17)23-18(26)15-6-8-16(9-7-15)21(28)25-11-4-3-5-12-25/h6-10,13-14H,3-5,11-12H2,1-2H3,(H,23,26)(H,24,27,29). The highest BCUT2D eigenvalue weighted by atomic mass is 32.1. The molecular formula is C22H25N3O5S. The van der Waals surface area contributed by atoms with Crippen molar-refractivity contribution in [2.24, 2.45) is 0 Å². The number of nitrogens with zero attached hydrogens (tertiary/aromatic N) is 1. The molecule has 1 saturated heterocycles. The number of carbonyl (C=O) groups is 4. The van der Waals surface area contributed by atoms with Gasteiger partial charge in [0.15, 0.2) is 0 Å². The van der Waals surface area contributed by atoms with E-state index in [0.717, 1.165) is 43.7 Å². The van der Waals surface area contributed by atoms with Crippen molar-refractivity contribution >= 4 is 40.2 Å². The van der Waals surface area contributed by atoms with Crippen LogP contribution in [0, 0.1) is 0 Å². The molecule has 3 rings (SSSR count). The zero-order valence-corrected chi connectivity index (χ0v) is 18.3. The van der Waals surface area contributed by atoms with Gasteiger partial charge in [-0.15, -0.1) is 11.3 Å². The molecule has 31 heavy (non-hydrogen) atoms. The van der Waals surface area contributed by atoms with Crippen LogP contribution in [0.25, 0.3) is 0 Å². The molecule has 4 amide bonds. The fourth-order valence-electron chi connectivity index (χ4n) is 3.21. The van der Waals surface area contributed by atoms with E-state index in [0.29, 0.717) is 16.1 Å². The van der Waals surface area contributed by atoms with Crippen LogP contribution >= 0.6 is 11.3 Å². The number of anilines is 1. The second-order valence-electron chi connectivity index (χ2n) is 7.46. The van der Waals surface area contributed by atoms with Crippen LogP contribution < -0.4 is 10.6 Å². The van der Waals surface area contributed by atoms with Crippen LogP contribution in [0.4, 0.5) is 9.80 Å². The van der Waals surface area contributed by atoms with Gasteiger partial charge in [-0.25, -0.2) is 4.79 Å². The van der Waals surface area contributed by atoms with Crippen LogP contribution in [0.1, 0.15) is 64.2 Å². The Morgan fingerprint density at radius 3 is 2.23 bits per heavy atom. The Kier molecular flexibility index (Phi) is 7.41. The van der Waals surface area contributed by atoms with Crippen molar-refractivity contribution in [2.45, 2.75) is 39.2 Å². The molecule has 2 N–H and O–H groups in total. The third kappa shape index (κ3) is 5.91. The topological polar surface area (TPSA) is 105 Å². The summed E-state index contributed by atoms with van der Waals surface area (Å²) in [7, 11) is 0. The fourth-order valence-corrected chi connectivity index (χ4v) is 3.99. The molecule has 2 heterocycles. The molecule has 1 aromatic carbocycles. The highest BCUT2D eigenvalue weighted by Crippen LogP contribution is 2.24. The molecule has 164 valence electrons. The SMILES string of the molecule is CC(C)OC(=O)NC(=O)c1ccsc1NC(=O)c1ccc(C(=O)N2CCCCC2)cc1. The van der Waals surface area contributed by atoms with Crippen molar-refractivity contribution in [2.75, 3.05) is 18.4 Å². The number of hydrogen-bond acceptors (Lipinski definition) is 6. The molecule has 1 aromatic heterocycles. The quantitative estimate of drug-likeness (QED) is 0.729. The summed E-state index contributed by atoms with van der Waals surface area (Å²) in [6, 6.07) is 7.95. The molecule has 1 aliphatic rings. The van der Waals surface area contributed by atoms with Crippen LogP contribution in [0.15, 0.2) is 35.7 Å². The van der Waals surface area contributed by atoms with E-state index in [4.69, 9.17) is 4.74 Å². The number of ether oxygens (including phenoxy) is 1. The number of hydrogen-bond donors (Lipinski definition) is 2. The van der Waals surface area contributed by atoms with Gasteiger partial charge in [-0.1, -0.05) is 0 Å². The lowest BCUT2D eigenvalue weighted by atomic mass is 10.1. The van der Waals surface area contributed by atoms with Gasteiger partial charge in [0.25, 0.3) is 17.7 Å². The minimum absolute atomic E-state index is 0.0304. The molecule has 0 atom stereocenters. The Balaban J connectivity index is 1.63. The monoisotopic (exact) mass is 443 g/mol. The summed E-state index contributed by atoms with van der Waals surface area (Å²) in [6.07, 6.45) is 1.96. The Morgan fingerprint density at radius 2 is 1.58 bits per heavy atom. The van der Waals surface area contributed by atoms with Gasteiger partial charge < -0.3 is 15.0 Å². The third-order valence-corrected chi connectivity index (χ3v) is 5.56. The minimum Gasteiger partial charge on any atom is -0.447 e. The van der Waals surface area contributed by atoms with Gasteiger partial charge in [0.05, 0.1) is 11.7 Å². The predicted molar refractivity (Wildman–Crippen MR) is 118 cm³/mol. The lowest BCUT2D eigenvalue weighted by Crippen LogP contribution is -2.35. The van der Waals surface area contributed by atoms with Gasteiger partial charge >= 0.3 is 6.09 Å². The fraction of sp³-hybridized carbons (Fsp3) is 0.364. The van der Waals surface area contributed by atoms with E-state index in [2.05, 4.69) is 10.6 Å². The Labute approximate surface area is 184 Å². The van der Waals surface area contributed by atoms with Crippen LogP contribution in [-0.4, -0.2) is 47.9 Å². The number of rotatable bonds is 5. The number of nitrogens with one attached hydrogen (secondary N) is 2. The molecule has 2 aromatic rings. The molecule has 0 aliphatic carbocycles. The molecular weight excluding hydrogens is 418 g/mol. The minimum atomic E-state index is -0.850. The van der Waals surface area contributed by atoms with E-state index in [1.54, 1.807) is 43.5 Å². The molecule has 8 nitrogen and oxygen atoms in total. The summed E-state index contributed by atoms with van der Waals surface area (Å²) in [6.45, 7) is 4.86. The zero-order valence-electron chi connectivity index (χ0n) is 17.5. The van der Waals surface area contributed by atoms with Crippen molar-refractivity contribution in [3.8, 4) is 0 Å². The highest BCUT2D eigenvalue weighted by Gasteiger charge is 2.20. The second kappa shape index (κ2) is 10.2. The Morgan fingerprint density at radius 1 is 0.935 bits per heavy atom. The number of alkyl carbamates (subject to hydrolysis) is 1. The number of likely N-dealkylation sites (tertiary alicyclic amines) is 1. The highest BCUT2D eigenvalue weighted by molar-refractivity contribution is 7.14. The lowest BCUT2D eigenvalue weighted by Gasteiger charge is -2.26. The molecule has 0 radical (unpaired) electrons. The van der Waals surface area contributed by atoms with Gasteiger partial charge in [0, 0.05) is 24.2 Å². The maximum absolute atomic E-state index is 12.6. The van der Waals surface area contributed by atoms with Gasteiger partial charge in [0.2, 0.25) is 0 Å². The van der Waals surface area contributed by atoms with Crippen molar-refractivity contribution in [1.82, 2.24) is 10.2 Å². The first kappa shape index (κ1) is 22.5. The first-order valence-electron chi connectivity index (χ1n) is 10.2. The van der Waals surface area contributed by atoms with Crippen LogP contribution in [-0.2, 0) is 4.74 Å². The lowest BCUT2D eigenvalue weighted by molar-refractivity contribution is 0.0723. The number of amides is 4. The molecule has 0 spiro atoms. The molecule has 0 bridgehead atoms. The van der Waals surface area contributed by atoms with E-state index in [1.165, 1.54) is 6.07 Å². The van der Waals surface area contributed by atoms with E-state index < -0.39 is 17.9 Å². The number of imide groups is 1. The zero-order chi connectivity index (χ0) is 22.4. The Hall–Kier alpha value is -3.20. The van der Waals surface area contributed by atoms with Crippen LogP contribution in [0.3, 0.4) is 0 Å². The molecule has 9 heteroatoms. The molecule has 1 aliphatic heterocycles. The summed E-state index contributed by atoms with van der Waals surface area (Å²) in [5, 5.41) is 6.77. The molecule has 1 fully saturated rings. The van der Waals surface area contributed by atoms with Gasteiger partial charge in [-0.3, -0.25) is 19.7 Å². The van der Waals surface area contributed by atoms with E-state index in [1.807, 2.05) is 4.90 Å². The van der Waals surface area contributed by atoms with Crippen molar-refractivity contribution in [1.29, 1.82) is 0 Å². The first-order valence-corrected chi connectivity index (χ1v) is 11.0. The van der Waals surface area contributed by atoms with Crippen LogP contribution in [0.2, 0.25) is 0 Å². The summed E-state index contributed by atoms with van der Waals surface area (Å²) in [5.74, 6) is -1.11. The van der Waals surface area contributed by atoms with Gasteiger partial charge in [-0.05, 0) is 68.8 Å². The van der Waals surface area contributed by atoms with Gasteiger partial charge in [-0.2, -0.15) is 0 Å². The molecule has 0 unspecified atom stereocenters. The van der Waals surface area contributed by atoms with Crippen molar-refractivity contribution in [3.05, 3.63) is 52.4 Å². The normalized spacial score (nSPS) is 13.6.